The van der Waals surface area contributed by atoms with Gasteiger partial charge in [-0.15, -0.1) is 0 Å². The smallest absolute Gasteiger partial charge is 0.329 e. The molecule has 0 radical (unpaired) electrons. The summed E-state index contributed by atoms with van der Waals surface area (Å²) in [5, 5.41) is 18.4. The number of halogens is 4. The summed E-state index contributed by atoms with van der Waals surface area (Å²) in [6.07, 6.45) is -2.67. The van der Waals surface area contributed by atoms with Crippen molar-refractivity contribution >= 4 is 11.9 Å². The third-order valence-corrected chi connectivity index (χ3v) is 2.90. The van der Waals surface area contributed by atoms with Crippen molar-refractivity contribution in [2.24, 2.45) is 17.2 Å². The highest BCUT2D eigenvalue weighted by molar-refractivity contribution is 5.79. The van der Waals surface area contributed by atoms with Crippen LogP contribution in [0.3, 0.4) is 0 Å². The number of rotatable bonds is 11. The minimum atomic E-state index is -3.07. The standard InChI is InChI=1S/2C6H12F2N2O2/c7-4(8)6(10,5(11)12)2-1-3-9;7-6(8)10-4(5(11)12)2-1-3-9/h4H,1-3,9-10H2,(H,11,12);4,6,10H,1-3,9H2,(H,11,12). The normalized spacial score (nSPS) is 14.7. The zero-order valence-electron chi connectivity index (χ0n) is 12.9. The summed E-state index contributed by atoms with van der Waals surface area (Å²) < 4.78 is 47.6. The Balaban J connectivity index is 0. The molecule has 0 bridgehead atoms. The lowest BCUT2D eigenvalue weighted by atomic mass is 9.95. The van der Waals surface area contributed by atoms with Gasteiger partial charge in [-0.1, -0.05) is 0 Å². The maximum atomic E-state index is 12.1. The molecule has 24 heavy (non-hydrogen) atoms. The molecule has 0 saturated heterocycles. The minimum absolute atomic E-state index is 0.121. The Morgan fingerprint density at radius 1 is 1.04 bits per heavy atom. The van der Waals surface area contributed by atoms with Gasteiger partial charge < -0.3 is 27.4 Å². The van der Waals surface area contributed by atoms with Crippen molar-refractivity contribution in [3.8, 4) is 0 Å². The van der Waals surface area contributed by atoms with E-state index in [1.165, 1.54) is 0 Å². The molecule has 8 nitrogen and oxygen atoms in total. The molecule has 0 spiro atoms. The van der Waals surface area contributed by atoms with Crippen LogP contribution in [0.4, 0.5) is 17.6 Å². The monoisotopic (exact) mass is 364 g/mol. The first-order valence-electron chi connectivity index (χ1n) is 7.00. The van der Waals surface area contributed by atoms with Gasteiger partial charge in [0.1, 0.15) is 6.04 Å². The van der Waals surface area contributed by atoms with Crippen molar-refractivity contribution < 1.29 is 37.4 Å². The number of aliphatic carboxylic acids is 2. The number of hydrogen-bond acceptors (Lipinski definition) is 6. The molecular formula is C12H24F4N4O4. The molecule has 2 atom stereocenters. The first-order valence-corrected chi connectivity index (χ1v) is 7.00. The van der Waals surface area contributed by atoms with Gasteiger partial charge in [0.25, 0.3) is 13.0 Å². The molecule has 0 fully saturated rings. The molecule has 0 aromatic rings. The van der Waals surface area contributed by atoms with Gasteiger partial charge in [0.15, 0.2) is 5.54 Å². The predicted octanol–water partition coefficient (Wildman–Crippen LogP) is -0.237. The van der Waals surface area contributed by atoms with Crippen molar-refractivity contribution in [1.82, 2.24) is 5.32 Å². The molecule has 0 aliphatic heterocycles. The summed E-state index contributed by atoms with van der Waals surface area (Å²) in [6, 6.07) is -1.20. The largest absolute Gasteiger partial charge is 0.480 e. The maximum absolute atomic E-state index is 12.1. The van der Waals surface area contributed by atoms with Crippen LogP contribution >= 0.6 is 0 Å². The molecule has 0 amide bonds. The minimum Gasteiger partial charge on any atom is -0.480 e. The van der Waals surface area contributed by atoms with Gasteiger partial charge in [-0.25, -0.2) is 18.9 Å². The van der Waals surface area contributed by atoms with Crippen LogP contribution in [-0.2, 0) is 9.59 Å². The maximum Gasteiger partial charge on any atom is 0.329 e. The Bertz CT molecular complexity index is 377. The van der Waals surface area contributed by atoms with Gasteiger partial charge >= 0.3 is 11.9 Å². The van der Waals surface area contributed by atoms with Crippen LogP contribution in [0.25, 0.3) is 0 Å². The first-order chi connectivity index (χ1) is 11.0. The molecule has 0 aromatic carbocycles. The van der Waals surface area contributed by atoms with E-state index in [-0.39, 0.29) is 25.8 Å². The Hall–Kier alpha value is -1.50. The number of nitrogens with two attached hydrogens (primary N) is 3. The van der Waals surface area contributed by atoms with E-state index < -0.39 is 36.5 Å². The highest BCUT2D eigenvalue weighted by Crippen LogP contribution is 2.18. The summed E-state index contributed by atoms with van der Waals surface area (Å²) in [6.45, 7) is -2.35. The molecule has 0 aromatic heterocycles. The second-order valence-corrected chi connectivity index (χ2v) is 4.83. The van der Waals surface area contributed by atoms with Crippen molar-refractivity contribution in [3.05, 3.63) is 0 Å². The third kappa shape index (κ3) is 10.3. The zero-order chi connectivity index (χ0) is 19.3. The number of alkyl halides is 4. The quantitative estimate of drug-likeness (QED) is 0.216. The number of nitrogens with one attached hydrogen (secondary N) is 1. The Kier molecular flexibility index (Phi) is 13.3. The molecule has 0 saturated carbocycles. The third-order valence-electron chi connectivity index (χ3n) is 2.90. The number of hydrogen-bond donors (Lipinski definition) is 6. The number of carboxylic acid groups (broad SMARTS) is 2. The molecule has 0 heterocycles. The predicted molar refractivity (Wildman–Crippen MR) is 77.7 cm³/mol. The van der Waals surface area contributed by atoms with Crippen molar-refractivity contribution in [1.29, 1.82) is 0 Å². The Labute approximate surface area is 136 Å². The second kappa shape index (κ2) is 12.9. The van der Waals surface area contributed by atoms with E-state index in [9.17, 15) is 27.2 Å². The van der Waals surface area contributed by atoms with Gasteiger partial charge in [-0.3, -0.25) is 4.79 Å². The average molecular weight is 364 g/mol. The lowest BCUT2D eigenvalue weighted by Gasteiger charge is -2.22. The Morgan fingerprint density at radius 2 is 1.54 bits per heavy atom. The molecule has 2 unspecified atom stereocenters. The van der Waals surface area contributed by atoms with Crippen LogP contribution in [0.2, 0.25) is 0 Å². The van der Waals surface area contributed by atoms with Crippen molar-refractivity contribution in [2.75, 3.05) is 13.1 Å². The molecule has 9 N–H and O–H groups in total. The molecular weight excluding hydrogens is 340 g/mol. The highest BCUT2D eigenvalue weighted by atomic mass is 19.3. The van der Waals surface area contributed by atoms with Gasteiger partial charge in [0.05, 0.1) is 0 Å². The van der Waals surface area contributed by atoms with E-state index in [0.29, 0.717) is 13.0 Å². The van der Waals surface area contributed by atoms with Crippen LogP contribution in [0.1, 0.15) is 25.7 Å². The van der Waals surface area contributed by atoms with Gasteiger partial charge in [0.2, 0.25) is 0 Å². The second-order valence-electron chi connectivity index (χ2n) is 4.83. The fourth-order valence-corrected chi connectivity index (χ4v) is 1.46. The van der Waals surface area contributed by atoms with Crippen LogP contribution in [0.5, 0.6) is 0 Å². The van der Waals surface area contributed by atoms with Crippen molar-refractivity contribution in [2.45, 2.75) is 50.2 Å². The van der Waals surface area contributed by atoms with E-state index >= 15 is 0 Å². The topological polar surface area (TPSA) is 165 Å². The summed E-state index contributed by atoms with van der Waals surface area (Å²) >= 11 is 0. The fourth-order valence-electron chi connectivity index (χ4n) is 1.46. The zero-order valence-corrected chi connectivity index (χ0v) is 12.9. The lowest BCUT2D eigenvalue weighted by molar-refractivity contribution is -0.150. The molecule has 0 aliphatic carbocycles. The van der Waals surface area contributed by atoms with E-state index in [4.69, 9.17) is 27.4 Å². The van der Waals surface area contributed by atoms with Gasteiger partial charge in [-0.05, 0) is 38.8 Å². The Morgan fingerprint density at radius 3 is 1.83 bits per heavy atom. The van der Waals surface area contributed by atoms with E-state index in [1.54, 1.807) is 5.32 Å². The van der Waals surface area contributed by atoms with Gasteiger partial charge in [0, 0.05) is 0 Å². The van der Waals surface area contributed by atoms with Crippen LogP contribution in [-0.4, -0.2) is 59.8 Å². The number of carboxylic acids is 2. The van der Waals surface area contributed by atoms with E-state index in [0.717, 1.165) is 0 Å². The van der Waals surface area contributed by atoms with E-state index in [2.05, 4.69) is 0 Å². The van der Waals surface area contributed by atoms with E-state index in [1.807, 2.05) is 0 Å². The molecule has 0 rings (SSSR count). The summed E-state index contributed by atoms with van der Waals surface area (Å²) in [5.74, 6) is -2.96. The number of carbonyl (C=O) groups is 2. The average Bonchev–Trinajstić information content (AvgIpc) is 2.48. The van der Waals surface area contributed by atoms with Crippen molar-refractivity contribution in [3.63, 3.8) is 0 Å². The fraction of sp³-hybridized carbons (Fsp3) is 0.833. The summed E-state index contributed by atoms with van der Waals surface area (Å²) in [4.78, 5) is 20.6. The highest BCUT2D eigenvalue weighted by Gasteiger charge is 2.42. The summed E-state index contributed by atoms with van der Waals surface area (Å²) in [7, 11) is 0. The van der Waals surface area contributed by atoms with Crippen LogP contribution in [0, 0.1) is 0 Å². The van der Waals surface area contributed by atoms with Crippen LogP contribution < -0.4 is 22.5 Å². The van der Waals surface area contributed by atoms with Crippen LogP contribution in [0.15, 0.2) is 0 Å². The first kappa shape index (κ1) is 24.7. The summed E-state index contributed by atoms with van der Waals surface area (Å²) in [5.41, 5.74) is 12.7. The molecule has 144 valence electrons. The van der Waals surface area contributed by atoms with Gasteiger partial charge in [-0.2, -0.15) is 8.78 Å². The SMILES string of the molecule is NCCCC(N)(C(=O)O)C(F)F.NCCCC(NC(F)F)C(=O)O. The lowest BCUT2D eigenvalue weighted by Crippen LogP contribution is -2.54. The molecule has 0 aliphatic rings. The molecule has 12 heteroatoms.